The van der Waals surface area contributed by atoms with Crippen molar-refractivity contribution in [1.29, 1.82) is 0 Å². The number of carbonyl (C=O) groups is 1. The van der Waals surface area contributed by atoms with E-state index in [-0.39, 0.29) is 17.9 Å². The van der Waals surface area contributed by atoms with Crippen LogP contribution >= 0.6 is 0 Å². The van der Waals surface area contributed by atoms with Crippen LogP contribution in [0.3, 0.4) is 0 Å². The van der Waals surface area contributed by atoms with Gasteiger partial charge in [-0.05, 0) is 17.9 Å². The van der Waals surface area contributed by atoms with Gasteiger partial charge >= 0.3 is 0 Å². The lowest BCUT2D eigenvalue weighted by Crippen LogP contribution is -2.30. The molecule has 0 unspecified atom stereocenters. The average Bonchev–Trinajstić information content (AvgIpc) is 2.48. The lowest BCUT2D eigenvalue weighted by molar-refractivity contribution is -0.121. The minimum Gasteiger partial charge on any atom is -0.382 e. The number of anilines is 1. The topological polar surface area (TPSA) is 72.9 Å². The van der Waals surface area contributed by atoms with E-state index in [0.29, 0.717) is 12.4 Å². The first-order chi connectivity index (χ1) is 7.37. The number of aromatic nitrogens is 2. The molecule has 1 heterocycles. The Morgan fingerprint density at radius 3 is 2.75 bits per heavy atom. The highest BCUT2D eigenvalue weighted by atomic mass is 16.2. The summed E-state index contributed by atoms with van der Waals surface area (Å²) in [6.45, 7) is 7.36. The zero-order valence-electron chi connectivity index (χ0n) is 10.2. The zero-order valence-corrected chi connectivity index (χ0v) is 10.2. The number of hydrogen-bond donors (Lipinski definition) is 2. The van der Waals surface area contributed by atoms with E-state index in [4.69, 9.17) is 5.73 Å². The summed E-state index contributed by atoms with van der Waals surface area (Å²) in [7, 11) is 0. The Morgan fingerprint density at radius 2 is 2.25 bits per heavy atom. The summed E-state index contributed by atoms with van der Waals surface area (Å²) in [5, 5.41) is 6.80. The van der Waals surface area contributed by atoms with Crippen molar-refractivity contribution < 1.29 is 4.79 Å². The fraction of sp³-hybridized carbons (Fsp3) is 0.636. The van der Waals surface area contributed by atoms with E-state index in [9.17, 15) is 4.79 Å². The van der Waals surface area contributed by atoms with Crippen molar-refractivity contribution in [2.75, 3.05) is 12.3 Å². The number of nitrogens with two attached hydrogens (primary N) is 1. The van der Waals surface area contributed by atoms with Crippen molar-refractivity contribution in [3.63, 3.8) is 0 Å². The molecule has 1 rings (SSSR count). The summed E-state index contributed by atoms with van der Waals surface area (Å²) >= 11 is 0. The maximum atomic E-state index is 11.5. The summed E-state index contributed by atoms with van der Waals surface area (Å²) in [4.78, 5) is 11.5. The van der Waals surface area contributed by atoms with E-state index in [1.165, 1.54) is 4.68 Å². The molecule has 0 saturated heterocycles. The molecule has 0 atom stereocenters. The van der Waals surface area contributed by atoms with Gasteiger partial charge in [0.2, 0.25) is 5.91 Å². The summed E-state index contributed by atoms with van der Waals surface area (Å²) in [5.74, 6) is 0.398. The van der Waals surface area contributed by atoms with Crippen molar-refractivity contribution in [2.24, 2.45) is 5.41 Å². The first kappa shape index (κ1) is 12.5. The van der Waals surface area contributed by atoms with Crippen LogP contribution in [0.1, 0.15) is 27.2 Å². The van der Waals surface area contributed by atoms with Crippen LogP contribution in [0.2, 0.25) is 0 Å². The highest BCUT2D eigenvalue weighted by Crippen LogP contribution is 2.16. The van der Waals surface area contributed by atoms with E-state index in [1.54, 1.807) is 12.3 Å². The third kappa shape index (κ3) is 4.82. The maximum absolute atomic E-state index is 11.5. The van der Waals surface area contributed by atoms with Gasteiger partial charge in [0, 0.05) is 12.7 Å². The van der Waals surface area contributed by atoms with Crippen LogP contribution in [0.5, 0.6) is 0 Å². The fourth-order valence-electron chi connectivity index (χ4n) is 1.25. The van der Waals surface area contributed by atoms with E-state index in [0.717, 1.165) is 6.42 Å². The molecule has 90 valence electrons. The van der Waals surface area contributed by atoms with Crippen LogP contribution in [-0.4, -0.2) is 22.2 Å². The normalized spacial score (nSPS) is 11.4. The van der Waals surface area contributed by atoms with Crippen molar-refractivity contribution in [1.82, 2.24) is 15.1 Å². The van der Waals surface area contributed by atoms with Gasteiger partial charge in [-0.2, -0.15) is 5.10 Å². The van der Waals surface area contributed by atoms with Crippen molar-refractivity contribution in [2.45, 2.75) is 33.7 Å². The number of nitrogens with zero attached hydrogens (tertiary/aromatic N) is 2. The van der Waals surface area contributed by atoms with E-state index in [2.05, 4.69) is 31.2 Å². The molecular weight excluding hydrogens is 204 g/mol. The highest BCUT2D eigenvalue weighted by molar-refractivity contribution is 5.75. The van der Waals surface area contributed by atoms with Crippen molar-refractivity contribution in [3.05, 3.63) is 12.3 Å². The molecule has 0 saturated carbocycles. The van der Waals surface area contributed by atoms with Crippen LogP contribution in [0.4, 0.5) is 5.82 Å². The van der Waals surface area contributed by atoms with Crippen LogP contribution < -0.4 is 11.1 Å². The molecular formula is C11H20N4O. The molecule has 1 aromatic heterocycles. The standard InChI is InChI=1S/C11H20N4O/c1-11(2,3)5-6-13-10(16)8-15-7-4-9(12)14-15/h4,7H,5-6,8H2,1-3H3,(H2,12,14)(H,13,16). The predicted octanol–water partition coefficient (Wildman–Crippen LogP) is 1.02. The van der Waals surface area contributed by atoms with E-state index >= 15 is 0 Å². The van der Waals surface area contributed by atoms with Crippen molar-refractivity contribution in [3.8, 4) is 0 Å². The quantitative estimate of drug-likeness (QED) is 0.802. The Morgan fingerprint density at radius 1 is 1.56 bits per heavy atom. The Balaban J connectivity index is 2.26. The van der Waals surface area contributed by atoms with Gasteiger partial charge in [-0.1, -0.05) is 20.8 Å². The number of nitrogen functional groups attached to an aromatic ring is 1. The van der Waals surface area contributed by atoms with Crippen LogP contribution in [-0.2, 0) is 11.3 Å². The second-order valence-electron chi connectivity index (χ2n) is 5.10. The molecule has 16 heavy (non-hydrogen) atoms. The third-order valence-electron chi connectivity index (χ3n) is 2.16. The fourth-order valence-corrected chi connectivity index (χ4v) is 1.25. The second kappa shape index (κ2) is 5.01. The lowest BCUT2D eigenvalue weighted by Gasteiger charge is -2.17. The first-order valence-corrected chi connectivity index (χ1v) is 5.42. The molecule has 0 aliphatic heterocycles. The minimum atomic E-state index is -0.0349. The molecule has 0 radical (unpaired) electrons. The maximum Gasteiger partial charge on any atom is 0.241 e. The van der Waals surface area contributed by atoms with Gasteiger partial charge in [-0.3, -0.25) is 9.48 Å². The lowest BCUT2D eigenvalue weighted by atomic mass is 9.92. The number of rotatable bonds is 4. The molecule has 0 fully saturated rings. The first-order valence-electron chi connectivity index (χ1n) is 5.42. The Kier molecular flexibility index (Phi) is 3.93. The Labute approximate surface area is 96.0 Å². The Hall–Kier alpha value is -1.52. The van der Waals surface area contributed by atoms with Crippen LogP contribution in [0, 0.1) is 5.41 Å². The van der Waals surface area contributed by atoms with E-state index < -0.39 is 0 Å². The van der Waals surface area contributed by atoms with Gasteiger partial charge in [0.05, 0.1) is 0 Å². The molecule has 5 heteroatoms. The van der Waals surface area contributed by atoms with Gasteiger partial charge < -0.3 is 11.1 Å². The number of amides is 1. The van der Waals surface area contributed by atoms with Gasteiger partial charge in [0.15, 0.2) is 0 Å². The molecule has 0 aliphatic carbocycles. The minimum absolute atomic E-state index is 0.0349. The summed E-state index contributed by atoms with van der Waals surface area (Å²) in [5.41, 5.74) is 5.69. The SMILES string of the molecule is CC(C)(C)CCNC(=O)Cn1ccc(N)n1. The smallest absolute Gasteiger partial charge is 0.241 e. The summed E-state index contributed by atoms with van der Waals surface area (Å²) < 4.78 is 1.53. The highest BCUT2D eigenvalue weighted by Gasteiger charge is 2.10. The van der Waals surface area contributed by atoms with Gasteiger partial charge in [0.25, 0.3) is 0 Å². The largest absolute Gasteiger partial charge is 0.382 e. The Bertz CT molecular complexity index is 351. The molecule has 1 amide bonds. The molecule has 0 aromatic carbocycles. The van der Waals surface area contributed by atoms with Gasteiger partial charge in [-0.15, -0.1) is 0 Å². The summed E-state index contributed by atoms with van der Waals surface area (Å²) in [6.07, 6.45) is 2.65. The molecule has 0 spiro atoms. The van der Waals surface area contributed by atoms with Crippen molar-refractivity contribution >= 4 is 11.7 Å². The average molecular weight is 224 g/mol. The monoisotopic (exact) mass is 224 g/mol. The third-order valence-corrected chi connectivity index (χ3v) is 2.16. The second-order valence-corrected chi connectivity index (χ2v) is 5.10. The molecule has 1 aromatic rings. The number of hydrogen-bond acceptors (Lipinski definition) is 3. The molecule has 3 N–H and O–H groups in total. The molecule has 0 bridgehead atoms. The van der Waals surface area contributed by atoms with E-state index in [1.807, 2.05) is 0 Å². The van der Waals surface area contributed by atoms with Gasteiger partial charge in [0.1, 0.15) is 12.4 Å². The predicted molar refractivity (Wildman–Crippen MR) is 63.7 cm³/mol. The number of carbonyl (C=O) groups excluding carboxylic acids is 1. The molecule has 0 aliphatic rings. The van der Waals surface area contributed by atoms with Gasteiger partial charge in [-0.25, -0.2) is 0 Å². The molecule has 5 nitrogen and oxygen atoms in total. The zero-order chi connectivity index (χ0) is 12.2. The van der Waals surface area contributed by atoms with Crippen LogP contribution in [0.25, 0.3) is 0 Å². The van der Waals surface area contributed by atoms with Crippen LogP contribution in [0.15, 0.2) is 12.3 Å². The number of nitrogens with one attached hydrogen (secondary N) is 1. The summed E-state index contributed by atoms with van der Waals surface area (Å²) in [6, 6.07) is 1.67.